The summed E-state index contributed by atoms with van der Waals surface area (Å²) in [5.74, 6) is 0.457. The van der Waals surface area contributed by atoms with Crippen molar-refractivity contribution < 1.29 is 0 Å². The Labute approximate surface area is 125 Å². The van der Waals surface area contributed by atoms with Crippen LogP contribution >= 0.6 is 0 Å². The molecule has 6 heteroatoms. The van der Waals surface area contributed by atoms with Crippen LogP contribution in [0, 0.1) is 0 Å². The van der Waals surface area contributed by atoms with E-state index in [1.54, 1.807) is 0 Å². The molecule has 2 N–H and O–H groups in total. The average Bonchev–Trinajstić information content (AvgIpc) is 2.93. The monoisotopic (exact) mass is 288 g/mol. The number of nitrogens with two attached hydrogens (primary N) is 1. The molecule has 0 saturated heterocycles. The molecule has 0 bridgehead atoms. The fraction of sp³-hybridized carbons (Fsp3) is 0.667. The van der Waals surface area contributed by atoms with Crippen molar-refractivity contribution in [3.8, 4) is 0 Å². The van der Waals surface area contributed by atoms with Crippen LogP contribution in [0.1, 0.15) is 38.5 Å². The number of nitrogen functional groups attached to an aromatic ring is 1. The lowest BCUT2D eigenvalue weighted by Crippen LogP contribution is -2.34. The molecule has 0 unspecified atom stereocenters. The summed E-state index contributed by atoms with van der Waals surface area (Å²) in [6.07, 6.45) is 11.3. The SMILES string of the molecule is CN(CCCn1cnc2c(N)ncnc21)C1CCCCC1. The first-order valence-corrected chi connectivity index (χ1v) is 7.87. The fourth-order valence-electron chi connectivity index (χ4n) is 3.26. The maximum atomic E-state index is 5.81. The largest absolute Gasteiger partial charge is 0.382 e. The van der Waals surface area contributed by atoms with E-state index in [0.717, 1.165) is 31.2 Å². The minimum absolute atomic E-state index is 0.457. The van der Waals surface area contributed by atoms with Crippen molar-refractivity contribution in [2.45, 2.75) is 51.1 Å². The van der Waals surface area contributed by atoms with Gasteiger partial charge in [0.1, 0.15) is 11.8 Å². The number of fused-ring (bicyclic) bond motifs is 1. The van der Waals surface area contributed by atoms with Gasteiger partial charge in [0.05, 0.1) is 6.33 Å². The topological polar surface area (TPSA) is 72.9 Å². The summed E-state index contributed by atoms with van der Waals surface area (Å²) in [6.45, 7) is 2.04. The van der Waals surface area contributed by atoms with E-state index in [0.29, 0.717) is 11.3 Å². The van der Waals surface area contributed by atoms with Crippen molar-refractivity contribution in [1.29, 1.82) is 0 Å². The van der Waals surface area contributed by atoms with E-state index in [1.807, 2.05) is 6.33 Å². The van der Waals surface area contributed by atoms with Gasteiger partial charge in [0.2, 0.25) is 0 Å². The lowest BCUT2D eigenvalue weighted by molar-refractivity contribution is 0.187. The Morgan fingerprint density at radius 3 is 2.86 bits per heavy atom. The molecule has 3 rings (SSSR count). The van der Waals surface area contributed by atoms with Crippen LogP contribution in [0.3, 0.4) is 0 Å². The molecule has 0 amide bonds. The zero-order valence-corrected chi connectivity index (χ0v) is 12.7. The van der Waals surface area contributed by atoms with Crippen LogP contribution in [0.2, 0.25) is 0 Å². The highest BCUT2D eigenvalue weighted by Gasteiger charge is 2.17. The van der Waals surface area contributed by atoms with Crippen molar-refractivity contribution in [3.63, 3.8) is 0 Å². The molecule has 2 heterocycles. The normalized spacial score (nSPS) is 16.9. The number of aryl methyl sites for hydroxylation is 1. The summed E-state index contributed by atoms with van der Waals surface area (Å²) < 4.78 is 2.07. The lowest BCUT2D eigenvalue weighted by atomic mass is 9.94. The van der Waals surface area contributed by atoms with Crippen molar-refractivity contribution in [2.75, 3.05) is 19.3 Å². The van der Waals surface area contributed by atoms with E-state index < -0.39 is 0 Å². The third kappa shape index (κ3) is 3.15. The highest BCUT2D eigenvalue weighted by Crippen LogP contribution is 2.21. The molecule has 1 saturated carbocycles. The first kappa shape index (κ1) is 14.3. The van der Waals surface area contributed by atoms with Crippen LogP contribution in [0.15, 0.2) is 12.7 Å². The molecule has 0 aromatic carbocycles. The van der Waals surface area contributed by atoms with Gasteiger partial charge in [0, 0.05) is 12.6 Å². The van der Waals surface area contributed by atoms with E-state index in [4.69, 9.17) is 5.73 Å². The molecule has 21 heavy (non-hydrogen) atoms. The Morgan fingerprint density at radius 1 is 1.24 bits per heavy atom. The van der Waals surface area contributed by atoms with Crippen molar-refractivity contribution >= 4 is 17.0 Å². The molecule has 6 nitrogen and oxygen atoms in total. The maximum absolute atomic E-state index is 5.81. The molecule has 1 fully saturated rings. The molecular weight excluding hydrogens is 264 g/mol. The van der Waals surface area contributed by atoms with Crippen LogP contribution in [0.5, 0.6) is 0 Å². The van der Waals surface area contributed by atoms with E-state index in [1.165, 1.54) is 38.4 Å². The molecule has 114 valence electrons. The highest BCUT2D eigenvalue weighted by atomic mass is 15.1. The number of imidazole rings is 1. The molecule has 1 aliphatic rings. The molecule has 0 aliphatic heterocycles. The zero-order chi connectivity index (χ0) is 14.7. The summed E-state index contributed by atoms with van der Waals surface area (Å²) >= 11 is 0. The van der Waals surface area contributed by atoms with Gasteiger partial charge in [-0.05, 0) is 32.9 Å². The van der Waals surface area contributed by atoms with E-state index in [9.17, 15) is 0 Å². The quantitative estimate of drug-likeness (QED) is 0.911. The van der Waals surface area contributed by atoms with Crippen LogP contribution in [0.25, 0.3) is 11.2 Å². The molecule has 2 aromatic rings. The first-order valence-electron chi connectivity index (χ1n) is 7.87. The number of anilines is 1. The van der Waals surface area contributed by atoms with Crippen molar-refractivity contribution in [3.05, 3.63) is 12.7 Å². The fourth-order valence-corrected chi connectivity index (χ4v) is 3.26. The molecular formula is C15H24N6. The highest BCUT2D eigenvalue weighted by molar-refractivity contribution is 5.80. The van der Waals surface area contributed by atoms with E-state index in [2.05, 4.69) is 31.5 Å². The van der Waals surface area contributed by atoms with Gasteiger partial charge in [-0.2, -0.15) is 0 Å². The first-order chi connectivity index (χ1) is 10.3. The summed E-state index contributed by atoms with van der Waals surface area (Å²) in [5, 5.41) is 0. The minimum atomic E-state index is 0.457. The van der Waals surface area contributed by atoms with Gasteiger partial charge in [-0.3, -0.25) is 0 Å². The smallest absolute Gasteiger partial charge is 0.165 e. The van der Waals surface area contributed by atoms with E-state index in [-0.39, 0.29) is 0 Å². The Hall–Kier alpha value is -1.69. The number of hydrogen-bond donors (Lipinski definition) is 1. The summed E-state index contributed by atoms with van der Waals surface area (Å²) in [4.78, 5) is 15.1. The van der Waals surface area contributed by atoms with Crippen LogP contribution in [-0.4, -0.2) is 44.1 Å². The van der Waals surface area contributed by atoms with Crippen molar-refractivity contribution in [1.82, 2.24) is 24.4 Å². The number of hydrogen-bond acceptors (Lipinski definition) is 5. The second-order valence-electron chi connectivity index (χ2n) is 6.00. The Balaban J connectivity index is 1.55. The van der Waals surface area contributed by atoms with Crippen molar-refractivity contribution in [2.24, 2.45) is 0 Å². The molecule has 2 aromatic heterocycles. The zero-order valence-electron chi connectivity index (χ0n) is 12.7. The van der Waals surface area contributed by atoms with Gasteiger partial charge in [0.25, 0.3) is 0 Å². The summed E-state index contributed by atoms with van der Waals surface area (Å²) in [6, 6.07) is 0.774. The maximum Gasteiger partial charge on any atom is 0.165 e. The predicted octanol–water partition coefficient (Wildman–Crippen LogP) is 2.06. The Morgan fingerprint density at radius 2 is 2.05 bits per heavy atom. The van der Waals surface area contributed by atoms with Gasteiger partial charge in [-0.25, -0.2) is 15.0 Å². The van der Waals surface area contributed by atoms with Crippen LogP contribution in [0.4, 0.5) is 5.82 Å². The number of aromatic nitrogens is 4. The van der Waals surface area contributed by atoms with Gasteiger partial charge in [-0.1, -0.05) is 19.3 Å². The van der Waals surface area contributed by atoms with Gasteiger partial charge >= 0.3 is 0 Å². The summed E-state index contributed by atoms with van der Waals surface area (Å²) in [5.41, 5.74) is 7.35. The summed E-state index contributed by atoms with van der Waals surface area (Å²) in [7, 11) is 2.25. The van der Waals surface area contributed by atoms with Crippen LogP contribution in [-0.2, 0) is 6.54 Å². The Bertz CT molecular complexity index is 587. The van der Waals surface area contributed by atoms with Gasteiger partial charge in [-0.15, -0.1) is 0 Å². The molecule has 0 radical (unpaired) electrons. The molecule has 0 spiro atoms. The third-order valence-corrected chi connectivity index (χ3v) is 4.54. The number of rotatable bonds is 5. The van der Waals surface area contributed by atoms with Crippen LogP contribution < -0.4 is 5.73 Å². The Kier molecular flexibility index (Phi) is 4.34. The molecule has 0 atom stereocenters. The second-order valence-corrected chi connectivity index (χ2v) is 6.00. The minimum Gasteiger partial charge on any atom is -0.382 e. The van der Waals surface area contributed by atoms with Gasteiger partial charge < -0.3 is 15.2 Å². The third-order valence-electron chi connectivity index (χ3n) is 4.54. The van der Waals surface area contributed by atoms with Gasteiger partial charge in [0.15, 0.2) is 11.5 Å². The number of nitrogens with zero attached hydrogens (tertiary/aromatic N) is 5. The average molecular weight is 288 g/mol. The predicted molar refractivity (Wildman–Crippen MR) is 83.9 cm³/mol. The van der Waals surface area contributed by atoms with E-state index >= 15 is 0 Å². The lowest BCUT2D eigenvalue weighted by Gasteiger charge is -2.31. The standard InChI is InChI=1S/C15H24N6/c1-20(12-6-3-2-4-7-12)8-5-9-21-11-19-13-14(16)17-10-18-15(13)21/h10-12H,2-9H2,1H3,(H2,16,17,18). The molecule has 1 aliphatic carbocycles. The second kappa shape index (κ2) is 6.39.